The zero-order valence-electron chi connectivity index (χ0n) is 17.7. The van der Waals surface area contributed by atoms with Crippen LogP contribution in [0.3, 0.4) is 0 Å². The summed E-state index contributed by atoms with van der Waals surface area (Å²) in [6.45, 7) is 2.64. The fourth-order valence-electron chi connectivity index (χ4n) is 3.62. The lowest BCUT2D eigenvalue weighted by Gasteiger charge is -2.31. The van der Waals surface area contributed by atoms with Crippen LogP contribution in [0.2, 0.25) is 0 Å². The van der Waals surface area contributed by atoms with E-state index in [0.717, 1.165) is 18.9 Å². The standard InChI is InChI=1S/C23H24N4O4S/c1-31-21-7-3-2-6-20(21)25-32(29,30)19-11-9-18(10-12-19)23(28)27-16-14-26(15-17-27)22-8-4-5-13-24-22/h2-13,25H,14-17H2,1H3/p+1. The first-order valence-corrected chi connectivity index (χ1v) is 11.7. The van der Waals surface area contributed by atoms with Gasteiger partial charge in [0.1, 0.15) is 18.8 Å². The molecule has 1 aliphatic rings. The number of carbonyl (C=O) groups excluding carboxylic acids is 1. The smallest absolute Gasteiger partial charge is 0.274 e. The molecule has 0 bridgehead atoms. The molecule has 2 aromatic carbocycles. The van der Waals surface area contributed by atoms with Gasteiger partial charge in [0.05, 0.1) is 37.0 Å². The van der Waals surface area contributed by atoms with Crippen LogP contribution in [0.5, 0.6) is 5.75 Å². The highest BCUT2D eigenvalue weighted by Gasteiger charge is 2.27. The first kappa shape index (κ1) is 21.6. The molecule has 0 saturated carbocycles. The van der Waals surface area contributed by atoms with Crippen LogP contribution in [-0.2, 0) is 10.0 Å². The molecule has 0 atom stereocenters. The topological polar surface area (TPSA) is 93.1 Å². The quantitative estimate of drug-likeness (QED) is 0.618. The Morgan fingerprint density at radius 1 is 0.938 bits per heavy atom. The third-order valence-electron chi connectivity index (χ3n) is 5.36. The van der Waals surface area contributed by atoms with Crippen LogP contribution < -0.4 is 19.3 Å². The van der Waals surface area contributed by atoms with Gasteiger partial charge in [-0.3, -0.25) is 14.4 Å². The normalized spacial score (nSPS) is 14.2. The number of para-hydroxylation sites is 2. The predicted molar refractivity (Wildman–Crippen MR) is 121 cm³/mol. The number of nitrogens with one attached hydrogen (secondary N) is 2. The number of hydrogen-bond acceptors (Lipinski definition) is 5. The number of pyridine rings is 1. The third kappa shape index (κ3) is 4.67. The van der Waals surface area contributed by atoms with Gasteiger partial charge in [0.2, 0.25) is 0 Å². The lowest BCUT2D eigenvalue weighted by molar-refractivity contribution is -0.364. The molecule has 2 heterocycles. The number of sulfonamides is 1. The number of anilines is 2. The van der Waals surface area contributed by atoms with E-state index in [4.69, 9.17) is 4.74 Å². The summed E-state index contributed by atoms with van der Waals surface area (Å²) >= 11 is 0. The van der Waals surface area contributed by atoms with E-state index in [0.29, 0.717) is 30.1 Å². The fourth-order valence-corrected chi connectivity index (χ4v) is 4.69. The van der Waals surface area contributed by atoms with Gasteiger partial charge < -0.3 is 9.64 Å². The van der Waals surface area contributed by atoms with Gasteiger partial charge in [0, 0.05) is 11.6 Å². The summed E-state index contributed by atoms with van der Waals surface area (Å²) in [5.41, 5.74) is 0.810. The zero-order valence-corrected chi connectivity index (χ0v) is 18.5. The van der Waals surface area contributed by atoms with Gasteiger partial charge in [-0.15, -0.1) is 0 Å². The summed E-state index contributed by atoms with van der Waals surface area (Å²) in [6, 6.07) is 18.7. The summed E-state index contributed by atoms with van der Waals surface area (Å²) < 4.78 is 33.2. The van der Waals surface area contributed by atoms with Crippen molar-refractivity contribution in [3.8, 4) is 5.75 Å². The van der Waals surface area contributed by atoms with E-state index >= 15 is 0 Å². The van der Waals surface area contributed by atoms with Gasteiger partial charge >= 0.3 is 0 Å². The summed E-state index contributed by atoms with van der Waals surface area (Å²) in [4.78, 5) is 20.2. The molecule has 1 aromatic heterocycles. The molecular weight excluding hydrogens is 428 g/mol. The first-order valence-electron chi connectivity index (χ1n) is 10.2. The second kappa shape index (κ2) is 9.27. The monoisotopic (exact) mass is 453 g/mol. The Labute approximate surface area is 187 Å². The highest BCUT2D eigenvalue weighted by atomic mass is 32.2. The maximum atomic E-state index is 12.9. The minimum Gasteiger partial charge on any atom is -0.495 e. The number of benzene rings is 2. The molecule has 3 aromatic rings. The number of ether oxygens (including phenoxy) is 1. The molecule has 1 saturated heterocycles. The van der Waals surface area contributed by atoms with E-state index in [-0.39, 0.29) is 10.8 Å². The maximum absolute atomic E-state index is 12.9. The average molecular weight is 454 g/mol. The molecule has 8 nitrogen and oxygen atoms in total. The molecule has 32 heavy (non-hydrogen) atoms. The van der Waals surface area contributed by atoms with Crippen LogP contribution in [0.15, 0.2) is 77.8 Å². The van der Waals surface area contributed by atoms with Gasteiger partial charge in [0.25, 0.3) is 21.7 Å². The van der Waals surface area contributed by atoms with Crippen molar-refractivity contribution in [2.45, 2.75) is 4.90 Å². The van der Waals surface area contributed by atoms with E-state index in [1.165, 1.54) is 19.2 Å². The van der Waals surface area contributed by atoms with Gasteiger partial charge in [-0.25, -0.2) is 13.4 Å². The molecular formula is C23H25N4O4S+. The van der Waals surface area contributed by atoms with Crippen LogP contribution in [-0.4, -0.2) is 52.5 Å². The van der Waals surface area contributed by atoms with Gasteiger partial charge in [-0.1, -0.05) is 18.2 Å². The minimum absolute atomic E-state index is 0.0735. The molecule has 9 heteroatoms. The number of aromatic amines is 1. The number of aromatic nitrogens is 1. The zero-order chi connectivity index (χ0) is 22.6. The number of nitrogens with zero attached hydrogens (tertiary/aromatic N) is 2. The molecule has 166 valence electrons. The van der Waals surface area contributed by atoms with Gasteiger partial charge in [-0.05, 0) is 42.5 Å². The molecule has 0 aliphatic carbocycles. The number of amides is 1. The number of methoxy groups -OCH3 is 1. The lowest BCUT2D eigenvalue weighted by atomic mass is 10.2. The Balaban J connectivity index is 1.41. The van der Waals surface area contributed by atoms with E-state index in [2.05, 4.69) is 14.6 Å². The summed E-state index contributed by atoms with van der Waals surface area (Å²) in [7, 11) is -2.34. The highest BCUT2D eigenvalue weighted by Crippen LogP contribution is 2.26. The summed E-state index contributed by atoms with van der Waals surface area (Å²) in [6.07, 6.45) is 1.88. The molecule has 1 aliphatic heterocycles. The van der Waals surface area contributed by atoms with Crippen molar-refractivity contribution in [1.82, 2.24) is 4.90 Å². The number of carbonyl (C=O) groups is 1. The van der Waals surface area contributed by atoms with Gasteiger partial charge in [0.15, 0.2) is 0 Å². The van der Waals surface area contributed by atoms with E-state index in [1.54, 1.807) is 41.3 Å². The molecule has 0 unspecified atom stereocenters. The third-order valence-corrected chi connectivity index (χ3v) is 6.74. The minimum atomic E-state index is -3.82. The lowest BCUT2D eigenvalue weighted by Crippen LogP contribution is -2.50. The molecule has 0 radical (unpaired) electrons. The van der Waals surface area contributed by atoms with E-state index in [1.807, 2.05) is 24.4 Å². The van der Waals surface area contributed by atoms with Crippen molar-refractivity contribution in [2.75, 3.05) is 42.9 Å². The van der Waals surface area contributed by atoms with Crippen molar-refractivity contribution in [2.24, 2.45) is 0 Å². The van der Waals surface area contributed by atoms with Crippen molar-refractivity contribution in [1.29, 1.82) is 0 Å². The van der Waals surface area contributed by atoms with E-state index < -0.39 is 10.0 Å². The Morgan fingerprint density at radius 3 is 2.28 bits per heavy atom. The SMILES string of the molecule is COc1ccccc1NS(=O)(=O)c1ccc(C(=O)N2CCN(c3cccc[nH+]3)CC2)cc1. The molecule has 1 amide bonds. The van der Waals surface area contributed by atoms with Crippen LogP contribution >= 0.6 is 0 Å². The van der Waals surface area contributed by atoms with Crippen LogP contribution in [0.1, 0.15) is 10.4 Å². The van der Waals surface area contributed by atoms with Gasteiger partial charge in [-0.2, -0.15) is 0 Å². The summed E-state index contributed by atoms with van der Waals surface area (Å²) in [5, 5.41) is 0. The molecule has 1 fully saturated rings. The second-order valence-electron chi connectivity index (χ2n) is 7.36. The Bertz CT molecular complexity index is 1180. The van der Waals surface area contributed by atoms with Crippen LogP contribution in [0.4, 0.5) is 11.5 Å². The first-order chi connectivity index (χ1) is 15.5. The molecule has 0 spiro atoms. The van der Waals surface area contributed by atoms with E-state index in [9.17, 15) is 13.2 Å². The Hall–Kier alpha value is -3.59. The average Bonchev–Trinajstić information content (AvgIpc) is 2.84. The maximum Gasteiger partial charge on any atom is 0.274 e. The second-order valence-corrected chi connectivity index (χ2v) is 9.04. The van der Waals surface area contributed by atoms with Crippen molar-refractivity contribution < 1.29 is 22.9 Å². The van der Waals surface area contributed by atoms with Crippen molar-refractivity contribution in [3.63, 3.8) is 0 Å². The van der Waals surface area contributed by atoms with Crippen LogP contribution in [0, 0.1) is 0 Å². The number of rotatable bonds is 6. The number of hydrogen-bond donors (Lipinski definition) is 1. The van der Waals surface area contributed by atoms with Crippen molar-refractivity contribution >= 4 is 27.4 Å². The fraction of sp³-hybridized carbons (Fsp3) is 0.217. The number of H-pyrrole nitrogens is 1. The summed E-state index contributed by atoms with van der Waals surface area (Å²) in [5.74, 6) is 1.34. The van der Waals surface area contributed by atoms with Crippen LogP contribution in [0.25, 0.3) is 0 Å². The number of piperazine rings is 1. The highest BCUT2D eigenvalue weighted by molar-refractivity contribution is 7.92. The molecule has 2 N–H and O–H groups in total. The molecule has 4 rings (SSSR count). The Morgan fingerprint density at radius 2 is 1.62 bits per heavy atom. The largest absolute Gasteiger partial charge is 0.495 e. The predicted octanol–water partition coefficient (Wildman–Crippen LogP) is 2.27. The Kier molecular flexibility index (Phi) is 6.27. The van der Waals surface area contributed by atoms with Crippen molar-refractivity contribution in [3.05, 3.63) is 78.5 Å².